The molecule has 2 N–H and O–H groups in total. The van der Waals surface area contributed by atoms with Crippen molar-refractivity contribution in [3.8, 4) is 0 Å². The first-order valence-corrected chi connectivity index (χ1v) is 6.75. The molecule has 1 rings (SSSR count). The highest BCUT2D eigenvalue weighted by atomic mass is 35.5. The summed E-state index contributed by atoms with van der Waals surface area (Å²) in [5.74, 6) is -1.18. The number of halogens is 1. The molecule has 0 bridgehead atoms. The van der Waals surface area contributed by atoms with Crippen LogP contribution in [0.1, 0.15) is 49.4 Å². The topological polar surface area (TPSA) is 66.4 Å². The number of carboxylic acid groups (broad SMARTS) is 1. The Morgan fingerprint density at radius 1 is 1.26 bits per heavy atom. The third kappa shape index (κ3) is 5.30. The molecule has 0 fully saturated rings. The molecular weight excluding hydrogens is 266 g/mol. The molecule has 0 spiro atoms. The van der Waals surface area contributed by atoms with Gasteiger partial charge in [0.25, 0.3) is 0 Å². The number of hydrogen-bond donors (Lipinski definition) is 2. The summed E-state index contributed by atoms with van der Waals surface area (Å²) in [4.78, 5) is 22.5. The van der Waals surface area contributed by atoms with Crippen molar-refractivity contribution in [2.45, 2.75) is 39.0 Å². The number of aromatic carboxylic acids is 1. The van der Waals surface area contributed by atoms with Crippen molar-refractivity contribution < 1.29 is 14.7 Å². The van der Waals surface area contributed by atoms with Crippen LogP contribution in [0.2, 0.25) is 5.02 Å². The fraction of sp³-hybridized carbons (Fsp3) is 0.429. The minimum absolute atomic E-state index is 0.102. The van der Waals surface area contributed by atoms with Crippen molar-refractivity contribution in [2.24, 2.45) is 0 Å². The van der Waals surface area contributed by atoms with E-state index in [1.54, 1.807) is 0 Å². The Morgan fingerprint density at radius 2 is 2.00 bits per heavy atom. The Balaban J connectivity index is 2.58. The lowest BCUT2D eigenvalue weighted by atomic mass is 10.1. The van der Waals surface area contributed by atoms with Gasteiger partial charge >= 0.3 is 5.97 Å². The monoisotopic (exact) mass is 283 g/mol. The van der Waals surface area contributed by atoms with Gasteiger partial charge in [-0.05, 0) is 24.6 Å². The summed E-state index contributed by atoms with van der Waals surface area (Å²) >= 11 is 5.92. The average molecular weight is 284 g/mol. The number of hydrogen-bond acceptors (Lipinski definition) is 2. The van der Waals surface area contributed by atoms with Crippen molar-refractivity contribution in [1.82, 2.24) is 0 Å². The minimum Gasteiger partial charge on any atom is -0.478 e. The molecule has 0 atom stereocenters. The van der Waals surface area contributed by atoms with Gasteiger partial charge in [-0.3, -0.25) is 4.79 Å². The molecule has 1 aromatic carbocycles. The van der Waals surface area contributed by atoms with Gasteiger partial charge in [-0.2, -0.15) is 0 Å². The molecule has 0 heterocycles. The van der Waals surface area contributed by atoms with Crippen LogP contribution in [0.3, 0.4) is 0 Å². The number of carbonyl (C=O) groups excluding carboxylic acids is 1. The second-order valence-corrected chi connectivity index (χ2v) is 4.77. The van der Waals surface area contributed by atoms with Crippen LogP contribution in [-0.2, 0) is 4.79 Å². The molecule has 104 valence electrons. The number of rotatable bonds is 7. The third-order valence-electron chi connectivity index (χ3n) is 2.74. The predicted octanol–water partition coefficient (Wildman–Crippen LogP) is 3.95. The maximum Gasteiger partial charge on any atom is 0.335 e. The third-order valence-corrected chi connectivity index (χ3v) is 3.07. The van der Waals surface area contributed by atoms with Crippen LogP contribution in [0.25, 0.3) is 0 Å². The van der Waals surface area contributed by atoms with Gasteiger partial charge in [0.15, 0.2) is 0 Å². The maximum atomic E-state index is 11.7. The highest BCUT2D eigenvalue weighted by Gasteiger charge is 2.09. The molecule has 4 nitrogen and oxygen atoms in total. The number of nitrogens with one attached hydrogen (secondary N) is 1. The molecule has 0 unspecified atom stereocenters. The summed E-state index contributed by atoms with van der Waals surface area (Å²) in [5, 5.41) is 11.9. The molecule has 0 saturated heterocycles. The van der Waals surface area contributed by atoms with Crippen LogP contribution < -0.4 is 5.32 Å². The van der Waals surface area contributed by atoms with Crippen molar-refractivity contribution in [2.75, 3.05) is 5.32 Å². The largest absolute Gasteiger partial charge is 0.478 e. The van der Waals surface area contributed by atoms with Crippen LogP contribution in [0.4, 0.5) is 5.69 Å². The van der Waals surface area contributed by atoms with E-state index in [1.165, 1.54) is 18.2 Å². The maximum absolute atomic E-state index is 11.7. The number of unbranched alkanes of at least 4 members (excludes halogenated alkanes) is 3. The SMILES string of the molecule is CCCCCCC(=O)Nc1cc(C(=O)O)ccc1Cl. The van der Waals surface area contributed by atoms with Crippen molar-refractivity contribution in [3.05, 3.63) is 28.8 Å². The van der Waals surface area contributed by atoms with E-state index in [2.05, 4.69) is 12.2 Å². The standard InChI is InChI=1S/C14H18ClNO3/c1-2-3-4-5-6-13(17)16-12-9-10(14(18)19)7-8-11(12)15/h7-9H,2-6H2,1H3,(H,16,17)(H,18,19). The molecule has 0 aliphatic heterocycles. The summed E-state index contributed by atoms with van der Waals surface area (Å²) in [6, 6.07) is 4.24. The van der Waals surface area contributed by atoms with Crippen LogP contribution in [0.15, 0.2) is 18.2 Å². The van der Waals surface area contributed by atoms with Gasteiger partial charge in [0.1, 0.15) is 0 Å². The van der Waals surface area contributed by atoms with Gasteiger partial charge in [-0.1, -0.05) is 37.8 Å². The predicted molar refractivity (Wildman–Crippen MR) is 75.8 cm³/mol. The second-order valence-electron chi connectivity index (χ2n) is 4.36. The van der Waals surface area contributed by atoms with Crippen molar-refractivity contribution >= 4 is 29.2 Å². The number of carbonyl (C=O) groups is 2. The fourth-order valence-corrected chi connectivity index (χ4v) is 1.84. The smallest absolute Gasteiger partial charge is 0.335 e. The van der Waals surface area contributed by atoms with Crippen LogP contribution in [0, 0.1) is 0 Å². The zero-order chi connectivity index (χ0) is 14.3. The van der Waals surface area contributed by atoms with Crippen LogP contribution in [0.5, 0.6) is 0 Å². The Labute approximate surface area is 117 Å². The fourth-order valence-electron chi connectivity index (χ4n) is 1.68. The average Bonchev–Trinajstić information content (AvgIpc) is 2.37. The summed E-state index contributed by atoms with van der Waals surface area (Å²) < 4.78 is 0. The van der Waals surface area contributed by atoms with Gasteiger partial charge in [0.05, 0.1) is 16.3 Å². The molecular formula is C14H18ClNO3. The minimum atomic E-state index is -1.05. The van der Waals surface area contributed by atoms with Gasteiger partial charge in [0.2, 0.25) is 5.91 Å². The number of carboxylic acids is 1. The van der Waals surface area contributed by atoms with E-state index < -0.39 is 5.97 Å². The Bertz CT molecular complexity index is 460. The van der Waals surface area contributed by atoms with Crippen molar-refractivity contribution in [1.29, 1.82) is 0 Å². The van der Waals surface area contributed by atoms with E-state index in [4.69, 9.17) is 16.7 Å². The molecule has 0 aromatic heterocycles. The van der Waals surface area contributed by atoms with E-state index >= 15 is 0 Å². The van der Waals surface area contributed by atoms with E-state index in [0.29, 0.717) is 17.1 Å². The summed E-state index contributed by atoms with van der Waals surface area (Å²) in [6.07, 6.45) is 4.51. The Kier molecular flexibility index (Phi) is 6.36. The lowest BCUT2D eigenvalue weighted by Gasteiger charge is -2.08. The summed E-state index contributed by atoms with van der Waals surface area (Å²) in [7, 11) is 0. The first-order valence-electron chi connectivity index (χ1n) is 6.37. The first-order chi connectivity index (χ1) is 9.04. The summed E-state index contributed by atoms with van der Waals surface area (Å²) in [5.41, 5.74) is 0.452. The van der Waals surface area contributed by atoms with Crippen molar-refractivity contribution in [3.63, 3.8) is 0 Å². The first kappa shape index (κ1) is 15.5. The lowest BCUT2D eigenvalue weighted by molar-refractivity contribution is -0.116. The normalized spacial score (nSPS) is 10.2. The molecule has 1 aromatic rings. The molecule has 0 radical (unpaired) electrons. The van der Waals surface area contributed by atoms with Gasteiger partial charge in [-0.15, -0.1) is 0 Å². The van der Waals surface area contributed by atoms with Crippen LogP contribution >= 0.6 is 11.6 Å². The lowest BCUT2D eigenvalue weighted by Crippen LogP contribution is -2.12. The zero-order valence-corrected chi connectivity index (χ0v) is 11.7. The summed E-state index contributed by atoms with van der Waals surface area (Å²) in [6.45, 7) is 2.11. The Hall–Kier alpha value is -1.55. The molecule has 19 heavy (non-hydrogen) atoms. The molecule has 5 heteroatoms. The quantitative estimate of drug-likeness (QED) is 0.745. The van der Waals surface area contributed by atoms with E-state index in [9.17, 15) is 9.59 Å². The molecule has 0 aliphatic carbocycles. The van der Waals surface area contributed by atoms with Gasteiger partial charge in [-0.25, -0.2) is 4.79 Å². The Morgan fingerprint density at radius 3 is 2.63 bits per heavy atom. The van der Waals surface area contributed by atoms with Gasteiger partial charge < -0.3 is 10.4 Å². The zero-order valence-electron chi connectivity index (χ0n) is 10.9. The molecule has 1 amide bonds. The highest BCUT2D eigenvalue weighted by molar-refractivity contribution is 6.33. The molecule has 0 aliphatic rings. The number of anilines is 1. The number of benzene rings is 1. The number of amides is 1. The van der Waals surface area contributed by atoms with Gasteiger partial charge in [0, 0.05) is 6.42 Å². The van der Waals surface area contributed by atoms with E-state index in [1.807, 2.05) is 0 Å². The molecule has 0 saturated carbocycles. The second kappa shape index (κ2) is 7.79. The van der Waals surface area contributed by atoms with E-state index in [-0.39, 0.29) is 11.5 Å². The van der Waals surface area contributed by atoms with E-state index in [0.717, 1.165) is 25.7 Å². The van der Waals surface area contributed by atoms with Crippen LogP contribution in [-0.4, -0.2) is 17.0 Å². The highest BCUT2D eigenvalue weighted by Crippen LogP contribution is 2.23.